The molecule has 1 aliphatic rings. The molecule has 1 aromatic carbocycles. The van der Waals surface area contributed by atoms with Crippen LogP contribution in [0, 0.1) is 19.8 Å². The normalized spacial score (nSPS) is 17.2. The number of hydrogen-bond acceptors (Lipinski definition) is 5. The molecule has 7 heteroatoms. The van der Waals surface area contributed by atoms with Gasteiger partial charge in [-0.3, -0.25) is 9.59 Å². The van der Waals surface area contributed by atoms with Crippen LogP contribution in [-0.2, 0) is 16.0 Å². The van der Waals surface area contributed by atoms with Gasteiger partial charge in [-0.25, -0.2) is 4.79 Å². The molecule has 4 rings (SSSR count). The van der Waals surface area contributed by atoms with Crippen molar-refractivity contribution in [2.24, 2.45) is 5.92 Å². The molecule has 29 heavy (non-hydrogen) atoms. The Hall–Kier alpha value is -3.09. The lowest BCUT2D eigenvalue weighted by Crippen LogP contribution is -2.42. The Morgan fingerprint density at radius 2 is 2.00 bits per heavy atom. The smallest absolute Gasteiger partial charge is 0.339 e. The minimum atomic E-state index is -0.866. The molecule has 3 heterocycles. The van der Waals surface area contributed by atoms with E-state index in [1.54, 1.807) is 17.2 Å². The highest BCUT2D eigenvalue weighted by Gasteiger charge is 2.28. The fraction of sp³-hybridized carbons (Fsp3) is 0.409. The minimum absolute atomic E-state index is 0.129. The van der Waals surface area contributed by atoms with E-state index in [2.05, 4.69) is 0 Å². The zero-order valence-corrected chi connectivity index (χ0v) is 16.5. The van der Waals surface area contributed by atoms with E-state index in [0.717, 1.165) is 21.9 Å². The van der Waals surface area contributed by atoms with Crippen LogP contribution in [0.15, 0.2) is 32.0 Å². The first-order valence-electron chi connectivity index (χ1n) is 9.80. The number of carboxylic acid groups (broad SMARTS) is 1. The first kappa shape index (κ1) is 19.2. The van der Waals surface area contributed by atoms with Crippen LogP contribution in [0.3, 0.4) is 0 Å². The van der Waals surface area contributed by atoms with Gasteiger partial charge in [0.15, 0.2) is 0 Å². The first-order valence-corrected chi connectivity index (χ1v) is 9.80. The summed E-state index contributed by atoms with van der Waals surface area (Å²) in [6, 6.07) is 3.68. The van der Waals surface area contributed by atoms with Crippen molar-refractivity contribution in [3.8, 4) is 0 Å². The molecule has 1 amide bonds. The van der Waals surface area contributed by atoms with Crippen LogP contribution in [0.5, 0.6) is 0 Å². The summed E-state index contributed by atoms with van der Waals surface area (Å²) >= 11 is 0. The number of carbonyl (C=O) groups excluding carboxylic acids is 1. The van der Waals surface area contributed by atoms with Crippen LogP contribution in [0.4, 0.5) is 0 Å². The first-order chi connectivity index (χ1) is 13.8. The van der Waals surface area contributed by atoms with Crippen LogP contribution >= 0.6 is 0 Å². The van der Waals surface area contributed by atoms with Gasteiger partial charge in [-0.05, 0) is 50.3 Å². The zero-order valence-electron chi connectivity index (χ0n) is 16.5. The highest BCUT2D eigenvalue weighted by Crippen LogP contribution is 2.29. The molecule has 1 N–H and O–H groups in total. The second kappa shape index (κ2) is 7.39. The summed E-state index contributed by atoms with van der Waals surface area (Å²) in [5, 5.41) is 11.0. The lowest BCUT2D eigenvalue weighted by molar-refractivity contribution is -0.145. The maximum atomic E-state index is 12.6. The summed E-state index contributed by atoms with van der Waals surface area (Å²) in [5.41, 5.74) is 2.96. The van der Waals surface area contributed by atoms with E-state index in [9.17, 15) is 19.5 Å². The molecule has 2 aromatic heterocycles. The van der Waals surface area contributed by atoms with Gasteiger partial charge in [-0.15, -0.1) is 0 Å². The van der Waals surface area contributed by atoms with Crippen molar-refractivity contribution in [2.75, 3.05) is 13.1 Å². The third-order valence-electron chi connectivity index (χ3n) is 5.89. The van der Waals surface area contributed by atoms with Crippen LogP contribution < -0.4 is 5.63 Å². The van der Waals surface area contributed by atoms with Gasteiger partial charge in [0.25, 0.3) is 0 Å². The standard InChI is InChI=1S/C22H23NO6/c1-12-11-28-18-9-19-17(8-16(12)18)13(2)15(22(27)29-19)5-6-20(24)23-7-3-4-14(10-23)21(25)26/h8-9,11,14H,3-7,10H2,1-2H3,(H,25,26). The van der Waals surface area contributed by atoms with Crippen LogP contribution in [0.2, 0.25) is 0 Å². The number of aryl methyl sites for hydroxylation is 2. The molecule has 0 saturated carbocycles. The van der Waals surface area contributed by atoms with E-state index >= 15 is 0 Å². The Morgan fingerprint density at radius 1 is 1.21 bits per heavy atom. The van der Waals surface area contributed by atoms with Gasteiger partial charge in [0.05, 0.1) is 12.2 Å². The molecule has 1 atom stereocenters. The van der Waals surface area contributed by atoms with E-state index in [4.69, 9.17) is 8.83 Å². The highest BCUT2D eigenvalue weighted by molar-refractivity contribution is 5.96. The molecule has 0 bridgehead atoms. The average molecular weight is 397 g/mol. The molecule has 1 saturated heterocycles. The van der Waals surface area contributed by atoms with Crippen LogP contribution in [0.1, 0.15) is 36.0 Å². The number of rotatable bonds is 4. The predicted octanol–water partition coefficient (Wildman–Crippen LogP) is 3.41. The van der Waals surface area contributed by atoms with E-state index < -0.39 is 17.5 Å². The maximum Gasteiger partial charge on any atom is 0.339 e. The number of carboxylic acids is 1. The molecular weight excluding hydrogens is 374 g/mol. The fourth-order valence-electron chi connectivity index (χ4n) is 4.12. The maximum absolute atomic E-state index is 12.6. The van der Waals surface area contributed by atoms with Crippen molar-refractivity contribution in [2.45, 2.75) is 39.5 Å². The third kappa shape index (κ3) is 3.52. The van der Waals surface area contributed by atoms with Gasteiger partial charge >= 0.3 is 11.6 Å². The van der Waals surface area contributed by atoms with Gasteiger partial charge in [-0.1, -0.05) is 0 Å². The number of aliphatic carboxylic acids is 1. The van der Waals surface area contributed by atoms with E-state index in [1.807, 2.05) is 19.9 Å². The summed E-state index contributed by atoms with van der Waals surface area (Å²) in [5.74, 6) is -1.51. The second-order valence-electron chi connectivity index (χ2n) is 7.77. The lowest BCUT2D eigenvalue weighted by Gasteiger charge is -2.30. The minimum Gasteiger partial charge on any atom is -0.481 e. The summed E-state index contributed by atoms with van der Waals surface area (Å²) in [7, 11) is 0. The molecule has 7 nitrogen and oxygen atoms in total. The molecule has 0 aliphatic carbocycles. The average Bonchev–Trinajstić information content (AvgIpc) is 3.06. The number of piperidine rings is 1. The molecule has 152 valence electrons. The summed E-state index contributed by atoms with van der Waals surface area (Å²) in [4.78, 5) is 37.9. The Morgan fingerprint density at radius 3 is 2.76 bits per heavy atom. The molecule has 1 aliphatic heterocycles. The molecule has 1 unspecified atom stereocenters. The SMILES string of the molecule is Cc1coc2cc3oc(=O)c(CCC(=O)N4CCCC(C(=O)O)C4)c(C)c3cc12. The van der Waals surface area contributed by atoms with Gasteiger partial charge in [0.2, 0.25) is 5.91 Å². The fourth-order valence-corrected chi connectivity index (χ4v) is 4.12. The van der Waals surface area contributed by atoms with E-state index in [-0.39, 0.29) is 25.3 Å². The molecule has 3 aromatic rings. The monoisotopic (exact) mass is 397 g/mol. The number of nitrogens with zero attached hydrogens (tertiary/aromatic N) is 1. The summed E-state index contributed by atoms with van der Waals surface area (Å²) in [6.45, 7) is 4.61. The van der Waals surface area contributed by atoms with Gasteiger partial charge in [-0.2, -0.15) is 0 Å². The van der Waals surface area contributed by atoms with Gasteiger partial charge in [0.1, 0.15) is 11.2 Å². The second-order valence-corrected chi connectivity index (χ2v) is 7.77. The quantitative estimate of drug-likeness (QED) is 0.677. The number of hydrogen-bond donors (Lipinski definition) is 1. The van der Waals surface area contributed by atoms with Crippen molar-refractivity contribution in [1.29, 1.82) is 0 Å². The van der Waals surface area contributed by atoms with Gasteiger partial charge in [0, 0.05) is 41.9 Å². The lowest BCUT2D eigenvalue weighted by atomic mass is 9.97. The summed E-state index contributed by atoms with van der Waals surface area (Å²) in [6.07, 6.45) is 3.35. The van der Waals surface area contributed by atoms with Crippen molar-refractivity contribution in [1.82, 2.24) is 4.90 Å². The van der Waals surface area contributed by atoms with E-state index in [1.165, 1.54) is 0 Å². The number of carbonyl (C=O) groups is 2. The topological polar surface area (TPSA) is 101 Å². The van der Waals surface area contributed by atoms with Crippen LogP contribution in [-0.4, -0.2) is 35.0 Å². The van der Waals surface area contributed by atoms with Crippen LogP contribution in [0.25, 0.3) is 21.9 Å². The third-order valence-corrected chi connectivity index (χ3v) is 5.89. The largest absolute Gasteiger partial charge is 0.481 e. The summed E-state index contributed by atoms with van der Waals surface area (Å²) < 4.78 is 11.0. The van der Waals surface area contributed by atoms with Crippen molar-refractivity contribution in [3.05, 3.63) is 45.5 Å². The molecule has 0 spiro atoms. The van der Waals surface area contributed by atoms with E-state index in [0.29, 0.717) is 36.1 Å². The van der Waals surface area contributed by atoms with Gasteiger partial charge < -0.3 is 18.8 Å². The zero-order chi connectivity index (χ0) is 20.7. The number of benzene rings is 1. The van der Waals surface area contributed by atoms with Crippen molar-refractivity contribution >= 4 is 33.8 Å². The van der Waals surface area contributed by atoms with Crippen molar-refractivity contribution < 1.29 is 23.5 Å². The molecular formula is C22H23NO6. The van der Waals surface area contributed by atoms with Crippen molar-refractivity contribution in [3.63, 3.8) is 0 Å². The molecule has 0 radical (unpaired) electrons. The predicted molar refractivity (Wildman–Crippen MR) is 107 cm³/mol. The number of furan rings is 1. The number of fused-ring (bicyclic) bond motifs is 2. The Balaban J connectivity index is 1.58. The number of amides is 1. The Kier molecular flexibility index (Phi) is 4.90. The highest BCUT2D eigenvalue weighted by atomic mass is 16.4. The number of likely N-dealkylation sites (tertiary alicyclic amines) is 1. The molecule has 1 fully saturated rings. The Labute approximate surface area is 166 Å². The Bertz CT molecular complexity index is 1170.